The van der Waals surface area contributed by atoms with Crippen molar-refractivity contribution in [3.63, 3.8) is 0 Å². The summed E-state index contributed by atoms with van der Waals surface area (Å²) in [5.74, 6) is 0.0254. The number of carbonyl (C=O) groups is 1. The van der Waals surface area contributed by atoms with Crippen LogP contribution in [0.25, 0.3) is 0 Å². The first-order valence-electron chi connectivity index (χ1n) is 8.63. The molecule has 2 aromatic carbocycles. The molecule has 25 heavy (non-hydrogen) atoms. The van der Waals surface area contributed by atoms with Gasteiger partial charge in [0.25, 0.3) is 5.91 Å². The average molecular weight is 338 g/mol. The second-order valence-electron chi connectivity index (χ2n) is 6.92. The fourth-order valence-corrected chi connectivity index (χ4v) is 3.40. The number of fused-ring (bicyclic) bond motifs is 1. The minimum atomic E-state index is -0.200. The van der Waals surface area contributed by atoms with E-state index >= 15 is 0 Å². The first-order chi connectivity index (χ1) is 12.2. The van der Waals surface area contributed by atoms with Crippen molar-refractivity contribution in [2.45, 2.75) is 6.42 Å². The van der Waals surface area contributed by atoms with Crippen LogP contribution < -0.4 is 10.2 Å². The number of benzene rings is 2. The zero-order valence-corrected chi connectivity index (χ0v) is 14.1. The highest BCUT2D eigenvalue weighted by atomic mass is 16.5. The molecule has 0 atom stereocenters. The van der Waals surface area contributed by atoms with Crippen LogP contribution in [0.15, 0.2) is 48.5 Å². The van der Waals surface area contributed by atoms with E-state index in [1.807, 2.05) is 47.4 Å². The maximum Gasteiger partial charge on any atom is 0.258 e. The van der Waals surface area contributed by atoms with E-state index in [4.69, 9.17) is 4.74 Å². The van der Waals surface area contributed by atoms with E-state index < -0.39 is 0 Å². The SMILES string of the molecule is O=C(c1cccc(NCC2(CO)COC2)c1)N1CCc2ccccc21. The Morgan fingerprint density at radius 2 is 2.04 bits per heavy atom. The highest BCUT2D eigenvalue weighted by Crippen LogP contribution is 2.30. The summed E-state index contributed by atoms with van der Waals surface area (Å²) in [6, 6.07) is 15.6. The van der Waals surface area contributed by atoms with Crippen LogP contribution >= 0.6 is 0 Å². The molecule has 1 fully saturated rings. The van der Waals surface area contributed by atoms with Crippen molar-refractivity contribution in [2.24, 2.45) is 5.41 Å². The summed E-state index contributed by atoms with van der Waals surface area (Å²) in [5.41, 5.74) is 3.59. The van der Waals surface area contributed by atoms with Gasteiger partial charge in [0.15, 0.2) is 0 Å². The smallest absolute Gasteiger partial charge is 0.258 e. The molecule has 0 saturated carbocycles. The molecule has 0 bridgehead atoms. The first-order valence-corrected chi connectivity index (χ1v) is 8.63. The lowest BCUT2D eigenvalue weighted by molar-refractivity contribution is -0.128. The minimum absolute atomic E-state index is 0.0254. The van der Waals surface area contributed by atoms with Gasteiger partial charge in [0.2, 0.25) is 0 Å². The number of hydrogen-bond donors (Lipinski definition) is 2. The van der Waals surface area contributed by atoms with Gasteiger partial charge in [0.05, 0.1) is 25.2 Å². The second kappa shape index (κ2) is 6.50. The highest BCUT2D eigenvalue weighted by molar-refractivity contribution is 6.07. The molecule has 2 N–H and O–H groups in total. The van der Waals surface area contributed by atoms with Crippen molar-refractivity contribution < 1.29 is 14.6 Å². The predicted molar refractivity (Wildman–Crippen MR) is 97.1 cm³/mol. The summed E-state index contributed by atoms with van der Waals surface area (Å²) in [6.45, 7) is 2.59. The molecule has 2 aliphatic rings. The van der Waals surface area contributed by atoms with Crippen LogP contribution in [0.3, 0.4) is 0 Å². The molecule has 0 radical (unpaired) electrons. The summed E-state index contributed by atoms with van der Waals surface area (Å²) < 4.78 is 5.22. The Bertz CT molecular complexity index is 781. The van der Waals surface area contributed by atoms with Gasteiger partial charge in [-0.2, -0.15) is 0 Å². The molecule has 0 aliphatic carbocycles. The molecule has 2 aliphatic heterocycles. The number of hydrogen-bond acceptors (Lipinski definition) is 4. The van der Waals surface area contributed by atoms with Crippen LogP contribution in [0.4, 0.5) is 11.4 Å². The Morgan fingerprint density at radius 3 is 2.80 bits per heavy atom. The summed E-state index contributed by atoms with van der Waals surface area (Å²) in [5, 5.41) is 12.8. The third-order valence-corrected chi connectivity index (χ3v) is 5.06. The summed E-state index contributed by atoms with van der Waals surface area (Å²) in [7, 11) is 0. The molecule has 0 aromatic heterocycles. The maximum atomic E-state index is 12.9. The van der Waals surface area contributed by atoms with Crippen molar-refractivity contribution in [1.29, 1.82) is 0 Å². The van der Waals surface area contributed by atoms with Gasteiger partial charge in [0.1, 0.15) is 0 Å². The molecule has 0 spiro atoms. The molecule has 5 heteroatoms. The molecule has 1 amide bonds. The lowest BCUT2D eigenvalue weighted by atomic mass is 9.87. The van der Waals surface area contributed by atoms with Gasteiger partial charge in [0, 0.05) is 30.0 Å². The molecule has 2 heterocycles. The zero-order chi connectivity index (χ0) is 17.3. The number of para-hydroxylation sites is 1. The van der Waals surface area contributed by atoms with Gasteiger partial charge in [-0.05, 0) is 36.2 Å². The average Bonchev–Trinajstić information content (AvgIpc) is 3.05. The largest absolute Gasteiger partial charge is 0.396 e. The van der Waals surface area contributed by atoms with Gasteiger partial charge in [-0.3, -0.25) is 4.79 Å². The van der Waals surface area contributed by atoms with Crippen molar-refractivity contribution in [1.82, 2.24) is 0 Å². The zero-order valence-electron chi connectivity index (χ0n) is 14.1. The fraction of sp³-hybridized carbons (Fsp3) is 0.350. The van der Waals surface area contributed by atoms with Crippen molar-refractivity contribution in [3.8, 4) is 0 Å². The lowest BCUT2D eigenvalue weighted by Crippen LogP contribution is -2.50. The van der Waals surface area contributed by atoms with Crippen LogP contribution in [-0.4, -0.2) is 43.9 Å². The molecule has 2 aromatic rings. The number of aliphatic hydroxyl groups is 1. The maximum absolute atomic E-state index is 12.9. The molecule has 130 valence electrons. The summed E-state index contributed by atoms with van der Waals surface area (Å²) in [6.07, 6.45) is 0.902. The number of nitrogens with zero attached hydrogens (tertiary/aromatic N) is 1. The van der Waals surface area contributed by atoms with E-state index in [9.17, 15) is 9.90 Å². The van der Waals surface area contributed by atoms with Crippen LogP contribution in [-0.2, 0) is 11.2 Å². The highest BCUT2D eigenvalue weighted by Gasteiger charge is 2.37. The third kappa shape index (κ3) is 3.01. The van der Waals surface area contributed by atoms with Gasteiger partial charge in [-0.1, -0.05) is 24.3 Å². The standard InChI is InChI=1S/C20H22N2O3/c23-12-20(13-25-14-20)11-21-17-6-3-5-16(10-17)19(24)22-9-8-15-4-1-2-7-18(15)22/h1-7,10,21,23H,8-9,11-14H2. The summed E-state index contributed by atoms with van der Waals surface area (Å²) >= 11 is 0. The number of anilines is 2. The minimum Gasteiger partial charge on any atom is -0.396 e. The van der Waals surface area contributed by atoms with Crippen molar-refractivity contribution in [2.75, 3.05) is 43.1 Å². The normalized spacial score (nSPS) is 17.7. The predicted octanol–water partition coefficient (Wildman–Crippen LogP) is 2.31. The quantitative estimate of drug-likeness (QED) is 0.878. The number of aliphatic hydroxyl groups excluding tert-OH is 1. The van der Waals surface area contributed by atoms with Crippen LogP contribution in [0, 0.1) is 5.41 Å². The number of amides is 1. The Kier molecular flexibility index (Phi) is 4.19. The molecule has 0 unspecified atom stereocenters. The van der Waals surface area contributed by atoms with Crippen LogP contribution in [0.5, 0.6) is 0 Å². The van der Waals surface area contributed by atoms with E-state index in [-0.39, 0.29) is 17.9 Å². The second-order valence-corrected chi connectivity index (χ2v) is 6.92. The monoisotopic (exact) mass is 338 g/mol. The third-order valence-electron chi connectivity index (χ3n) is 5.06. The number of rotatable bonds is 5. The fourth-order valence-electron chi connectivity index (χ4n) is 3.40. The summed E-state index contributed by atoms with van der Waals surface area (Å²) in [4.78, 5) is 14.8. The Labute approximate surface area is 147 Å². The van der Waals surface area contributed by atoms with Gasteiger partial charge >= 0.3 is 0 Å². The Balaban J connectivity index is 1.49. The topological polar surface area (TPSA) is 61.8 Å². The number of carbonyl (C=O) groups excluding carboxylic acids is 1. The van der Waals surface area contributed by atoms with Crippen molar-refractivity contribution >= 4 is 17.3 Å². The van der Waals surface area contributed by atoms with Gasteiger partial charge < -0.3 is 20.1 Å². The number of nitrogens with one attached hydrogen (secondary N) is 1. The Morgan fingerprint density at radius 1 is 1.20 bits per heavy atom. The number of ether oxygens (including phenoxy) is 1. The lowest BCUT2D eigenvalue weighted by Gasteiger charge is -2.40. The van der Waals surface area contributed by atoms with Crippen LogP contribution in [0.2, 0.25) is 0 Å². The van der Waals surface area contributed by atoms with E-state index in [2.05, 4.69) is 11.4 Å². The molecule has 5 nitrogen and oxygen atoms in total. The van der Waals surface area contributed by atoms with E-state index in [0.717, 1.165) is 24.3 Å². The molecular formula is C20H22N2O3. The van der Waals surface area contributed by atoms with Gasteiger partial charge in [-0.25, -0.2) is 0 Å². The first kappa shape index (κ1) is 16.1. The van der Waals surface area contributed by atoms with E-state index in [1.165, 1.54) is 5.56 Å². The van der Waals surface area contributed by atoms with Crippen LogP contribution in [0.1, 0.15) is 15.9 Å². The molecule has 1 saturated heterocycles. The van der Waals surface area contributed by atoms with E-state index in [1.54, 1.807) is 0 Å². The van der Waals surface area contributed by atoms with Gasteiger partial charge in [-0.15, -0.1) is 0 Å². The Hall–Kier alpha value is -2.37. The van der Waals surface area contributed by atoms with Crippen molar-refractivity contribution in [3.05, 3.63) is 59.7 Å². The molecular weight excluding hydrogens is 316 g/mol. The van der Waals surface area contributed by atoms with E-state index in [0.29, 0.717) is 25.3 Å². The molecule has 4 rings (SSSR count).